The molecule has 4 atom stereocenters. The van der Waals surface area contributed by atoms with E-state index >= 15 is 0 Å². The monoisotopic (exact) mass is 332 g/mol. The molecular formula is C17H24N4O3. The molecule has 7 heteroatoms. The molecule has 0 aromatic carbocycles. The summed E-state index contributed by atoms with van der Waals surface area (Å²) < 4.78 is 11.5. The van der Waals surface area contributed by atoms with Crippen LogP contribution in [0, 0.1) is 5.92 Å². The van der Waals surface area contributed by atoms with Gasteiger partial charge in [-0.2, -0.15) is 0 Å². The number of likely N-dealkylation sites (tertiary alicyclic amines) is 1. The van der Waals surface area contributed by atoms with Gasteiger partial charge < -0.3 is 14.8 Å². The van der Waals surface area contributed by atoms with Crippen LogP contribution in [-0.4, -0.2) is 71.9 Å². The largest absolute Gasteiger partial charge is 0.381 e. The Hall–Kier alpha value is -1.57. The van der Waals surface area contributed by atoms with Crippen LogP contribution >= 0.6 is 0 Å². The van der Waals surface area contributed by atoms with E-state index < -0.39 is 0 Å². The molecule has 24 heavy (non-hydrogen) atoms. The Morgan fingerprint density at radius 2 is 2.29 bits per heavy atom. The molecule has 0 saturated carbocycles. The van der Waals surface area contributed by atoms with Crippen molar-refractivity contribution in [2.24, 2.45) is 5.92 Å². The predicted molar refractivity (Wildman–Crippen MR) is 86.5 cm³/mol. The third kappa shape index (κ3) is 3.29. The summed E-state index contributed by atoms with van der Waals surface area (Å²) in [5.41, 5.74) is 0.354. The zero-order valence-corrected chi connectivity index (χ0v) is 13.8. The van der Waals surface area contributed by atoms with E-state index in [9.17, 15) is 4.79 Å². The summed E-state index contributed by atoms with van der Waals surface area (Å²) in [6.07, 6.45) is 8.03. The highest BCUT2D eigenvalue weighted by Crippen LogP contribution is 2.30. The third-order valence-electron chi connectivity index (χ3n) is 5.26. The van der Waals surface area contributed by atoms with Crippen molar-refractivity contribution in [3.8, 4) is 0 Å². The van der Waals surface area contributed by atoms with Crippen LogP contribution in [0.4, 0.5) is 0 Å². The summed E-state index contributed by atoms with van der Waals surface area (Å²) in [6, 6.07) is 0.402. The number of hydrogen-bond acceptors (Lipinski definition) is 6. The second-order valence-corrected chi connectivity index (χ2v) is 6.90. The number of carbonyl (C=O) groups excluding carboxylic acids is 1. The number of hydrogen-bond donors (Lipinski definition) is 1. The first-order valence-electron chi connectivity index (χ1n) is 8.81. The molecule has 3 saturated heterocycles. The van der Waals surface area contributed by atoms with Gasteiger partial charge in [-0.05, 0) is 25.2 Å². The molecule has 0 bridgehead atoms. The Morgan fingerprint density at radius 1 is 1.33 bits per heavy atom. The zero-order valence-electron chi connectivity index (χ0n) is 13.8. The summed E-state index contributed by atoms with van der Waals surface area (Å²) in [7, 11) is 0. The smallest absolute Gasteiger partial charge is 0.271 e. The minimum Gasteiger partial charge on any atom is -0.381 e. The zero-order chi connectivity index (χ0) is 16.4. The number of rotatable bonds is 4. The molecule has 1 N–H and O–H groups in total. The fraction of sp³-hybridized carbons (Fsp3) is 0.706. The van der Waals surface area contributed by atoms with Gasteiger partial charge in [-0.15, -0.1) is 0 Å². The molecule has 1 aromatic rings. The van der Waals surface area contributed by atoms with Crippen molar-refractivity contribution in [1.29, 1.82) is 0 Å². The average molecular weight is 332 g/mol. The van der Waals surface area contributed by atoms with E-state index in [4.69, 9.17) is 9.47 Å². The van der Waals surface area contributed by atoms with Crippen LogP contribution in [-0.2, 0) is 9.47 Å². The maximum absolute atomic E-state index is 12.4. The molecule has 1 unspecified atom stereocenters. The van der Waals surface area contributed by atoms with Gasteiger partial charge >= 0.3 is 0 Å². The molecule has 3 aliphatic heterocycles. The van der Waals surface area contributed by atoms with Gasteiger partial charge in [0.15, 0.2) is 0 Å². The maximum atomic E-state index is 12.4. The van der Waals surface area contributed by atoms with Crippen molar-refractivity contribution in [1.82, 2.24) is 20.2 Å². The number of aromatic nitrogens is 2. The van der Waals surface area contributed by atoms with Gasteiger partial charge in [-0.25, -0.2) is 4.98 Å². The number of carbonyl (C=O) groups is 1. The van der Waals surface area contributed by atoms with Crippen LogP contribution in [0.15, 0.2) is 18.6 Å². The van der Waals surface area contributed by atoms with E-state index in [2.05, 4.69) is 20.2 Å². The quantitative estimate of drug-likeness (QED) is 0.864. The molecule has 4 rings (SSSR count). The molecule has 130 valence electrons. The van der Waals surface area contributed by atoms with Crippen LogP contribution < -0.4 is 5.32 Å². The second-order valence-electron chi connectivity index (χ2n) is 6.90. The highest BCUT2D eigenvalue weighted by molar-refractivity contribution is 5.92. The number of nitrogens with one attached hydrogen (secondary N) is 1. The summed E-state index contributed by atoms with van der Waals surface area (Å²) in [6.45, 7) is 4.36. The lowest BCUT2D eigenvalue weighted by Gasteiger charge is -2.33. The van der Waals surface area contributed by atoms with Crippen LogP contribution in [0.1, 0.15) is 29.8 Å². The number of ether oxygens (including phenoxy) is 2. The van der Waals surface area contributed by atoms with Gasteiger partial charge in [-0.1, -0.05) is 0 Å². The van der Waals surface area contributed by atoms with Crippen LogP contribution in [0.3, 0.4) is 0 Å². The number of nitrogens with zero attached hydrogens (tertiary/aromatic N) is 3. The SMILES string of the molecule is O=C(N[C@@H]1CN(CC2CCOC2)[C@H]2CCCO[C@@H]12)c1cnccn1. The van der Waals surface area contributed by atoms with Gasteiger partial charge in [0.2, 0.25) is 0 Å². The topological polar surface area (TPSA) is 76.6 Å². The van der Waals surface area contributed by atoms with Gasteiger partial charge in [-0.3, -0.25) is 14.7 Å². The minimum atomic E-state index is -0.174. The molecule has 7 nitrogen and oxygen atoms in total. The summed E-state index contributed by atoms with van der Waals surface area (Å²) in [4.78, 5) is 23.0. The van der Waals surface area contributed by atoms with Gasteiger partial charge in [0.25, 0.3) is 5.91 Å². The first-order chi connectivity index (χ1) is 11.8. The predicted octanol–water partition coefficient (Wildman–Crippen LogP) is 0.475. The first-order valence-corrected chi connectivity index (χ1v) is 8.81. The molecule has 0 spiro atoms. The van der Waals surface area contributed by atoms with Gasteiger partial charge in [0, 0.05) is 44.7 Å². The van der Waals surface area contributed by atoms with Crippen molar-refractivity contribution < 1.29 is 14.3 Å². The molecule has 0 aliphatic carbocycles. The molecule has 3 aliphatic rings. The summed E-state index contributed by atoms with van der Waals surface area (Å²) >= 11 is 0. The number of fused-ring (bicyclic) bond motifs is 1. The molecule has 1 amide bonds. The Morgan fingerprint density at radius 3 is 3.08 bits per heavy atom. The lowest BCUT2D eigenvalue weighted by Crippen LogP contribution is -2.47. The summed E-state index contributed by atoms with van der Waals surface area (Å²) in [5, 5.41) is 3.11. The van der Waals surface area contributed by atoms with E-state index in [1.807, 2.05) is 0 Å². The van der Waals surface area contributed by atoms with Gasteiger partial charge in [0.05, 0.1) is 24.9 Å². The lowest BCUT2D eigenvalue weighted by atomic mass is 10.00. The second kappa shape index (κ2) is 7.13. The fourth-order valence-electron chi connectivity index (χ4n) is 4.11. The van der Waals surface area contributed by atoms with E-state index in [-0.39, 0.29) is 18.1 Å². The van der Waals surface area contributed by atoms with Crippen molar-refractivity contribution in [3.63, 3.8) is 0 Å². The standard InChI is InChI=1S/C17H24N4O3/c22-17(13-8-18-4-5-19-13)20-14-10-21(9-12-3-7-23-11-12)15-2-1-6-24-16(14)15/h4-5,8,12,14-16H,1-3,6-7,9-11H2,(H,20,22)/t12?,14-,15+,16+/m1/s1. The van der Waals surface area contributed by atoms with Crippen molar-refractivity contribution in [2.75, 3.05) is 32.9 Å². The van der Waals surface area contributed by atoms with E-state index in [0.717, 1.165) is 52.2 Å². The van der Waals surface area contributed by atoms with Crippen LogP contribution in [0.25, 0.3) is 0 Å². The normalized spacial score (nSPS) is 33.3. The highest BCUT2D eigenvalue weighted by atomic mass is 16.5. The molecular weight excluding hydrogens is 308 g/mol. The molecule has 4 heterocycles. The summed E-state index contributed by atoms with van der Waals surface area (Å²) in [5.74, 6) is 0.425. The van der Waals surface area contributed by atoms with Crippen LogP contribution in [0.5, 0.6) is 0 Å². The Kier molecular flexibility index (Phi) is 4.73. The van der Waals surface area contributed by atoms with E-state index in [0.29, 0.717) is 17.7 Å². The minimum absolute atomic E-state index is 0.00660. The lowest BCUT2D eigenvalue weighted by molar-refractivity contribution is -0.0220. The Bertz CT molecular complexity index is 564. The van der Waals surface area contributed by atoms with E-state index in [1.54, 1.807) is 6.20 Å². The van der Waals surface area contributed by atoms with Crippen molar-refractivity contribution >= 4 is 5.91 Å². The van der Waals surface area contributed by atoms with Crippen molar-refractivity contribution in [2.45, 2.75) is 37.5 Å². The third-order valence-corrected chi connectivity index (χ3v) is 5.26. The maximum Gasteiger partial charge on any atom is 0.271 e. The van der Waals surface area contributed by atoms with E-state index in [1.165, 1.54) is 12.4 Å². The fourth-order valence-corrected chi connectivity index (χ4v) is 4.11. The van der Waals surface area contributed by atoms with Crippen molar-refractivity contribution in [3.05, 3.63) is 24.3 Å². The number of amides is 1. The van der Waals surface area contributed by atoms with Gasteiger partial charge in [0.1, 0.15) is 5.69 Å². The Balaban J connectivity index is 1.43. The Labute approximate surface area is 141 Å². The molecule has 1 aromatic heterocycles. The highest BCUT2D eigenvalue weighted by Gasteiger charge is 2.45. The average Bonchev–Trinajstić information content (AvgIpc) is 3.25. The first kappa shape index (κ1) is 15.9. The van der Waals surface area contributed by atoms with Crippen LogP contribution in [0.2, 0.25) is 0 Å². The molecule has 0 radical (unpaired) electrons. The molecule has 3 fully saturated rings.